The number of hydrogen-bond acceptors (Lipinski definition) is 3. The summed E-state index contributed by atoms with van der Waals surface area (Å²) in [5.74, 6) is 0.112. The first-order chi connectivity index (χ1) is 17.0. The maximum absolute atomic E-state index is 14.6. The van der Waals surface area contributed by atoms with E-state index in [1.807, 2.05) is 49.4 Å². The smallest absolute Gasteiger partial charge is 0.243 e. The first kappa shape index (κ1) is 26.5. The summed E-state index contributed by atoms with van der Waals surface area (Å²) in [4.78, 5) is 28.4. The lowest BCUT2D eigenvalue weighted by Gasteiger charge is -2.31. The van der Waals surface area contributed by atoms with Crippen LogP contribution >= 0.6 is 11.8 Å². The van der Waals surface area contributed by atoms with Gasteiger partial charge in [-0.2, -0.15) is 0 Å². The van der Waals surface area contributed by atoms with Crippen molar-refractivity contribution in [3.63, 3.8) is 0 Å². The number of nitrogens with one attached hydrogen (secondary N) is 1. The zero-order valence-electron chi connectivity index (χ0n) is 20.4. The van der Waals surface area contributed by atoms with Crippen LogP contribution in [0, 0.1) is 12.7 Å². The third-order valence-corrected chi connectivity index (χ3v) is 6.83. The summed E-state index contributed by atoms with van der Waals surface area (Å²) in [5.41, 5.74) is 3.69. The number of amides is 2. The molecule has 0 bridgehead atoms. The fourth-order valence-electron chi connectivity index (χ4n) is 3.83. The maximum Gasteiger partial charge on any atom is 0.243 e. The van der Waals surface area contributed by atoms with Gasteiger partial charge in [-0.15, -0.1) is 11.8 Å². The number of nitrogens with zero attached hydrogens (tertiary/aromatic N) is 1. The molecule has 35 heavy (non-hydrogen) atoms. The van der Waals surface area contributed by atoms with E-state index in [4.69, 9.17) is 0 Å². The molecule has 0 aromatic heterocycles. The normalized spacial score (nSPS) is 11.6. The Bertz CT molecular complexity index is 1110. The van der Waals surface area contributed by atoms with Crippen molar-refractivity contribution in [2.45, 2.75) is 45.0 Å². The van der Waals surface area contributed by atoms with Gasteiger partial charge in [-0.25, -0.2) is 4.39 Å². The highest BCUT2D eigenvalue weighted by molar-refractivity contribution is 7.99. The number of benzene rings is 3. The average molecular weight is 493 g/mol. The second-order valence-corrected chi connectivity index (χ2v) is 9.51. The minimum absolute atomic E-state index is 0.0352. The Balaban J connectivity index is 1.85. The highest BCUT2D eigenvalue weighted by atomic mass is 32.2. The molecule has 0 saturated heterocycles. The third-order valence-electron chi connectivity index (χ3n) is 5.86. The third kappa shape index (κ3) is 7.96. The molecule has 6 heteroatoms. The van der Waals surface area contributed by atoms with Crippen LogP contribution in [-0.2, 0) is 28.3 Å². The van der Waals surface area contributed by atoms with E-state index in [9.17, 15) is 14.0 Å². The number of hydrogen-bond donors (Lipinski definition) is 1. The van der Waals surface area contributed by atoms with Gasteiger partial charge in [0.2, 0.25) is 11.8 Å². The molecule has 4 nitrogen and oxygen atoms in total. The largest absolute Gasteiger partial charge is 0.354 e. The zero-order valence-corrected chi connectivity index (χ0v) is 21.2. The molecule has 0 fully saturated rings. The van der Waals surface area contributed by atoms with Gasteiger partial charge in [0.05, 0.1) is 5.75 Å². The molecule has 0 aliphatic carbocycles. The molecule has 0 aliphatic heterocycles. The van der Waals surface area contributed by atoms with Gasteiger partial charge in [-0.3, -0.25) is 9.59 Å². The van der Waals surface area contributed by atoms with E-state index in [1.54, 1.807) is 23.1 Å². The number of halogens is 1. The Labute approximate surface area is 211 Å². The van der Waals surface area contributed by atoms with E-state index in [0.29, 0.717) is 24.3 Å². The molecule has 3 aromatic carbocycles. The SMILES string of the molecule is CCCNC(=O)[C@H](Cc1ccccc1)N(Cc1ccccc1F)C(=O)CSCc1ccccc1C. The van der Waals surface area contributed by atoms with Crippen molar-refractivity contribution in [1.29, 1.82) is 0 Å². The lowest BCUT2D eigenvalue weighted by Crippen LogP contribution is -2.51. The van der Waals surface area contributed by atoms with Crippen molar-refractivity contribution in [2.75, 3.05) is 12.3 Å². The van der Waals surface area contributed by atoms with Gasteiger partial charge < -0.3 is 10.2 Å². The van der Waals surface area contributed by atoms with Crippen LogP contribution in [0.4, 0.5) is 4.39 Å². The number of rotatable bonds is 12. The Morgan fingerprint density at radius 1 is 0.943 bits per heavy atom. The van der Waals surface area contributed by atoms with Gasteiger partial charge in [0.1, 0.15) is 11.9 Å². The van der Waals surface area contributed by atoms with Crippen LogP contribution in [0.25, 0.3) is 0 Å². The number of aryl methyl sites for hydroxylation is 1. The Kier molecular flexibility index (Phi) is 10.4. The van der Waals surface area contributed by atoms with Crippen LogP contribution in [0.5, 0.6) is 0 Å². The summed E-state index contributed by atoms with van der Waals surface area (Å²) in [5, 5.41) is 2.94. The minimum Gasteiger partial charge on any atom is -0.354 e. The van der Waals surface area contributed by atoms with Crippen molar-refractivity contribution in [1.82, 2.24) is 10.2 Å². The van der Waals surface area contributed by atoms with Crippen molar-refractivity contribution < 1.29 is 14.0 Å². The lowest BCUT2D eigenvalue weighted by molar-refractivity contribution is -0.139. The standard InChI is InChI=1S/C29H33FN2O2S/c1-3-17-31-29(34)27(18-23-12-5-4-6-13-23)32(19-24-14-9-10-16-26(24)30)28(33)21-35-20-25-15-8-7-11-22(25)2/h4-16,27H,3,17-21H2,1-2H3,(H,31,34)/t27-/m0/s1. The molecule has 0 spiro atoms. The van der Waals surface area contributed by atoms with Gasteiger partial charge in [0, 0.05) is 30.8 Å². The van der Waals surface area contributed by atoms with Crippen molar-refractivity contribution in [2.24, 2.45) is 0 Å². The quantitative estimate of drug-likeness (QED) is 0.362. The Hall–Kier alpha value is -3.12. The molecule has 2 amide bonds. The lowest BCUT2D eigenvalue weighted by atomic mass is 10.0. The van der Waals surface area contributed by atoms with Crippen LogP contribution in [0.3, 0.4) is 0 Å². The molecule has 3 rings (SSSR count). The average Bonchev–Trinajstić information content (AvgIpc) is 2.87. The topological polar surface area (TPSA) is 49.4 Å². The molecule has 0 heterocycles. The van der Waals surface area contributed by atoms with Gasteiger partial charge in [0.25, 0.3) is 0 Å². The molecular formula is C29H33FN2O2S. The summed E-state index contributed by atoms with van der Waals surface area (Å²) in [6.07, 6.45) is 1.15. The minimum atomic E-state index is -0.741. The molecule has 1 N–H and O–H groups in total. The molecule has 0 radical (unpaired) electrons. The van der Waals surface area contributed by atoms with E-state index in [2.05, 4.69) is 24.4 Å². The Morgan fingerprint density at radius 3 is 2.29 bits per heavy atom. The fourth-order valence-corrected chi connectivity index (χ4v) is 4.82. The van der Waals surface area contributed by atoms with Crippen LogP contribution < -0.4 is 5.32 Å². The second kappa shape index (κ2) is 13.7. The highest BCUT2D eigenvalue weighted by Crippen LogP contribution is 2.20. The van der Waals surface area contributed by atoms with Gasteiger partial charge in [-0.05, 0) is 36.1 Å². The zero-order chi connectivity index (χ0) is 25.0. The van der Waals surface area contributed by atoms with Gasteiger partial charge >= 0.3 is 0 Å². The monoisotopic (exact) mass is 492 g/mol. The van der Waals surface area contributed by atoms with E-state index in [-0.39, 0.29) is 29.9 Å². The summed E-state index contributed by atoms with van der Waals surface area (Å²) < 4.78 is 14.6. The molecular weight excluding hydrogens is 459 g/mol. The second-order valence-electron chi connectivity index (χ2n) is 8.53. The van der Waals surface area contributed by atoms with Crippen molar-refractivity contribution in [3.8, 4) is 0 Å². The van der Waals surface area contributed by atoms with Crippen LogP contribution in [0.1, 0.15) is 35.6 Å². The molecule has 0 unspecified atom stereocenters. The first-order valence-electron chi connectivity index (χ1n) is 12.0. The van der Waals surface area contributed by atoms with E-state index >= 15 is 0 Å². The summed E-state index contributed by atoms with van der Waals surface area (Å²) in [6, 6.07) is 23.4. The van der Waals surface area contributed by atoms with Crippen LogP contribution in [-0.4, -0.2) is 35.1 Å². The highest BCUT2D eigenvalue weighted by Gasteiger charge is 2.30. The van der Waals surface area contributed by atoms with Crippen molar-refractivity contribution >= 4 is 23.6 Å². The summed E-state index contributed by atoms with van der Waals surface area (Å²) in [7, 11) is 0. The first-order valence-corrected chi connectivity index (χ1v) is 13.1. The fraction of sp³-hybridized carbons (Fsp3) is 0.310. The van der Waals surface area contributed by atoms with E-state index < -0.39 is 6.04 Å². The summed E-state index contributed by atoms with van der Waals surface area (Å²) >= 11 is 1.51. The van der Waals surface area contributed by atoms with E-state index in [1.165, 1.54) is 29.0 Å². The predicted octanol–water partition coefficient (Wildman–Crippen LogP) is 5.53. The van der Waals surface area contributed by atoms with Gasteiger partial charge in [0.15, 0.2) is 0 Å². The van der Waals surface area contributed by atoms with Crippen LogP contribution in [0.2, 0.25) is 0 Å². The maximum atomic E-state index is 14.6. The van der Waals surface area contributed by atoms with Crippen LogP contribution in [0.15, 0.2) is 78.9 Å². The number of carbonyl (C=O) groups excluding carboxylic acids is 2. The van der Waals surface area contributed by atoms with Gasteiger partial charge in [-0.1, -0.05) is 79.7 Å². The molecule has 0 saturated carbocycles. The molecule has 1 atom stereocenters. The number of carbonyl (C=O) groups is 2. The van der Waals surface area contributed by atoms with Crippen molar-refractivity contribution in [3.05, 3.63) is 107 Å². The Morgan fingerprint density at radius 2 is 1.60 bits per heavy atom. The number of thioether (sulfide) groups is 1. The summed E-state index contributed by atoms with van der Waals surface area (Å²) in [6.45, 7) is 4.59. The van der Waals surface area contributed by atoms with E-state index in [0.717, 1.165) is 12.0 Å². The molecule has 3 aromatic rings. The molecule has 0 aliphatic rings. The predicted molar refractivity (Wildman–Crippen MR) is 142 cm³/mol. The molecule has 184 valence electrons.